The summed E-state index contributed by atoms with van der Waals surface area (Å²) in [5, 5.41) is 2.77. The summed E-state index contributed by atoms with van der Waals surface area (Å²) in [6, 6.07) is 10.5. The number of esters is 1. The van der Waals surface area contributed by atoms with Crippen LogP contribution in [0.4, 0.5) is 5.69 Å². The smallest absolute Gasteiger partial charge is 0.338 e. The van der Waals surface area contributed by atoms with Gasteiger partial charge in [-0.05, 0) is 50.1 Å². The van der Waals surface area contributed by atoms with Crippen LogP contribution in [0, 0.1) is 13.8 Å². The molecule has 0 saturated carbocycles. The minimum absolute atomic E-state index is 0.283. The van der Waals surface area contributed by atoms with Crippen molar-refractivity contribution in [3.63, 3.8) is 0 Å². The first-order valence-corrected chi connectivity index (χ1v) is 8.30. The van der Waals surface area contributed by atoms with Crippen LogP contribution in [-0.2, 0) is 9.53 Å². The number of ether oxygens (including phenoxy) is 3. The Labute approximate surface area is 153 Å². The van der Waals surface area contributed by atoms with Gasteiger partial charge in [0.05, 0.1) is 19.3 Å². The Bertz CT molecular complexity index is 781. The predicted molar refractivity (Wildman–Crippen MR) is 99.0 cm³/mol. The van der Waals surface area contributed by atoms with Gasteiger partial charge in [-0.25, -0.2) is 4.79 Å². The van der Waals surface area contributed by atoms with Crippen LogP contribution >= 0.6 is 0 Å². The third kappa shape index (κ3) is 4.75. The summed E-state index contributed by atoms with van der Waals surface area (Å²) in [6.45, 7) is 5.78. The molecule has 6 heteroatoms. The molecule has 0 spiro atoms. The van der Waals surface area contributed by atoms with Crippen LogP contribution in [-0.4, -0.2) is 32.2 Å². The molecule has 0 heterocycles. The summed E-state index contributed by atoms with van der Waals surface area (Å²) in [4.78, 5) is 24.3. The number of anilines is 1. The van der Waals surface area contributed by atoms with Gasteiger partial charge in [0.2, 0.25) is 0 Å². The molecule has 0 radical (unpaired) electrons. The highest BCUT2D eigenvalue weighted by Crippen LogP contribution is 2.28. The summed E-state index contributed by atoms with van der Waals surface area (Å²) in [5.74, 6) is -0.0303. The van der Waals surface area contributed by atoms with Gasteiger partial charge < -0.3 is 19.5 Å². The summed E-state index contributed by atoms with van der Waals surface area (Å²) in [6.07, 6.45) is 0. The number of carbonyl (C=O) groups excluding carboxylic acids is 2. The number of nitrogens with one attached hydrogen (secondary N) is 1. The van der Waals surface area contributed by atoms with E-state index in [1.807, 2.05) is 39.0 Å². The molecule has 0 unspecified atom stereocenters. The Morgan fingerprint density at radius 3 is 2.35 bits per heavy atom. The second-order valence-electron chi connectivity index (χ2n) is 5.69. The van der Waals surface area contributed by atoms with Crippen LogP contribution in [0.15, 0.2) is 36.4 Å². The molecule has 2 aromatic carbocycles. The number of carbonyl (C=O) groups is 2. The van der Waals surface area contributed by atoms with E-state index in [1.165, 1.54) is 13.2 Å². The second kappa shape index (κ2) is 8.89. The first kappa shape index (κ1) is 19.3. The molecule has 26 heavy (non-hydrogen) atoms. The monoisotopic (exact) mass is 357 g/mol. The van der Waals surface area contributed by atoms with Gasteiger partial charge in [0.25, 0.3) is 5.91 Å². The maximum absolute atomic E-state index is 12.2. The van der Waals surface area contributed by atoms with Crippen molar-refractivity contribution in [2.45, 2.75) is 20.8 Å². The lowest BCUT2D eigenvalue weighted by molar-refractivity contribution is -0.119. The van der Waals surface area contributed by atoms with Gasteiger partial charge in [-0.1, -0.05) is 18.2 Å². The van der Waals surface area contributed by atoms with Crippen LogP contribution in [0.25, 0.3) is 0 Å². The fourth-order valence-corrected chi connectivity index (χ4v) is 2.47. The van der Waals surface area contributed by atoms with Crippen molar-refractivity contribution < 1.29 is 23.8 Å². The standard InChI is InChI=1S/C20H23NO5/c1-5-25-16-10-9-15(11-17(16)24-4)20(23)26-12-18(22)21-19-13(2)7-6-8-14(19)3/h6-11H,5,12H2,1-4H3,(H,21,22). The molecule has 0 aromatic heterocycles. The molecule has 138 valence electrons. The first-order valence-electron chi connectivity index (χ1n) is 8.30. The van der Waals surface area contributed by atoms with E-state index in [-0.39, 0.29) is 12.2 Å². The number of hydrogen-bond acceptors (Lipinski definition) is 5. The number of hydrogen-bond donors (Lipinski definition) is 1. The molecule has 0 fully saturated rings. The van der Waals surface area contributed by atoms with Crippen molar-refractivity contribution in [3.8, 4) is 11.5 Å². The number of para-hydroxylation sites is 1. The Kier molecular flexibility index (Phi) is 6.60. The van der Waals surface area contributed by atoms with E-state index in [4.69, 9.17) is 14.2 Å². The van der Waals surface area contributed by atoms with E-state index < -0.39 is 11.9 Å². The van der Waals surface area contributed by atoms with E-state index in [2.05, 4.69) is 5.32 Å². The highest BCUT2D eigenvalue weighted by molar-refractivity contribution is 5.96. The number of amides is 1. The average molecular weight is 357 g/mol. The molecular weight excluding hydrogens is 334 g/mol. The zero-order valence-electron chi connectivity index (χ0n) is 15.4. The lowest BCUT2D eigenvalue weighted by Gasteiger charge is -2.12. The molecule has 0 atom stereocenters. The van der Waals surface area contributed by atoms with Gasteiger partial charge in [-0.3, -0.25) is 4.79 Å². The normalized spacial score (nSPS) is 10.2. The van der Waals surface area contributed by atoms with Crippen LogP contribution < -0.4 is 14.8 Å². The lowest BCUT2D eigenvalue weighted by Crippen LogP contribution is -2.21. The molecule has 2 aromatic rings. The highest BCUT2D eigenvalue weighted by atomic mass is 16.5. The molecule has 0 aliphatic rings. The minimum Gasteiger partial charge on any atom is -0.493 e. The van der Waals surface area contributed by atoms with E-state index in [9.17, 15) is 9.59 Å². The van der Waals surface area contributed by atoms with Gasteiger partial charge in [-0.2, -0.15) is 0 Å². The molecule has 1 amide bonds. The number of aryl methyl sites for hydroxylation is 2. The summed E-state index contributed by atoms with van der Waals surface area (Å²) < 4.78 is 15.7. The quantitative estimate of drug-likeness (QED) is 0.768. The van der Waals surface area contributed by atoms with E-state index in [0.717, 1.165) is 16.8 Å². The van der Waals surface area contributed by atoms with Crippen LogP contribution in [0.3, 0.4) is 0 Å². The summed E-state index contributed by atoms with van der Waals surface area (Å²) in [7, 11) is 1.49. The molecule has 0 aliphatic heterocycles. The van der Waals surface area contributed by atoms with E-state index in [1.54, 1.807) is 12.1 Å². The first-order chi connectivity index (χ1) is 12.5. The van der Waals surface area contributed by atoms with Crippen molar-refractivity contribution in [2.75, 3.05) is 25.6 Å². The zero-order valence-corrected chi connectivity index (χ0v) is 15.4. The Morgan fingerprint density at radius 2 is 1.73 bits per heavy atom. The molecule has 0 bridgehead atoms. The Balaban J connectivity index is 1.99. The van der Waals surface area contributed by atoms with Crippen LogP contribution in [0.2, 0.25) is 0 Å². The van der Waals surface area contributed by atoms with Crippen molar-refractivity contribution in [1.82, 2.24) is 0 Å². The molecule has 6 nitrogen and oxygen atoms in total. The number of rotatable bonds is 7. The van der Waals surface area contributed by atoms with Gasteiger partial charge in [-0.15, -0.1) is 0 Å². The van der Waals surface area contributed by atoms with Gasteiger partial charge >= 0.3 is 5.97 Å². The Morgan fingerprint density at radius 1 is 1.04 bits per heavy atom. The van der Waals surface area contributed by atoms with Gasteiger partial charge in [0.1, 0.15) is 0 Å². The average Bonchev–Trinajstić information content (AvgIpc) is 2.63. The summed E-state index contributed by atoms with van der Waals surface area (Å²) in [5.41, 5.74) is 2.91. The van der Waals surface area contributed by atoms with E-state index >= 15 is 0 Å². The molecule has 1 N–H and O–H groups in total. The molecule has 2 rings (SSSR count). The molecular formula is C20H23NO5. The molecule has 0 aliphatic carbocycles. The fraction of sp³-hybridized carbons (Fsp3) is 0.300. The summed E-state index contributed by atoms with van der Waals surface area (Å²) >= 11 is 0. The van der Waals surface area contributed by atoms with Crippen molar-refractivity contribution in [3.05, 3.63) is 53.1 Å². The van der Waals surface area contributed by atoms with Crippen LogP contribution in [0.1, 0.15) is 28.4 Å². The zero-order chi connectivity index (χ0) is 19.1. The second-order valence-corrected chi connectivity index (χ2v) is 5.69. The number of methoxy groups -OCH3 is 1. The predicted octanol–water partition coefficient (Wildman–Crippen LogP) is 3.51. The largest absolute Gasteiger partial charge is 0.493 e. The maximum Gasteiger partial charge on any atom is 0.338 e. The van der Waals surface area contributed by atoms with Crippen molar-refractivity contribution in [2.24, 2.45) is 0 Å². The Hall–Kier alpha value is -3.02. The van der Waals surface area contributed by atoms with Crippen molar-refractivity contribution >= 4 is 17.6 Å². The third-order valence-corrected chi connectivity index (χ3v) is 3.78. The minimum atomic E-state index is -0.608. The fourth-order valence-electron chi connectivity index (χ4n) is 2.47. The SMILES string of the molecule is CCOc1ccc(C(=O)OCC(=O)Nc2c(C)cccc2C)cc1OC. The molecule has 0 saturated heterocycles. The topological polar surface area (TPSA) is 73.9 Å². The van der Waals surface area contributed by atoms with Gasteiger partial charge in [0.15, 0.2) is 18.1 Å². The van der Waals surface area contributed by atoms with Gasteiger partial charge in [0, 0.05) is 5.69 Å². The lowest BCUT2D eigenvalue weighted by atomic mass is 10.1. The van der Waals surface area contributed by atoms with E-state index in [0.29, 0.717) is 18.1 Å². The van der Waals surface area contributed by atoms with Crippen LogP contribution in [0.5, 0.6) is 11.5 Å². The highest BCUT2D eigenvalue weighted by Gasteiger charge is 2.14. The van der Waals surface area contributed by atoms with Crippen molar-refractivity contribution in [1.29, 1.82) is 0 Å². The number of benzene rings is 2. The third-order valence-electron chi connectivity index (χ3n) is 3.78. The maximum atomic E-state index is 12.2.